The van der Waals surface area contributed by atoms with Crippen molar-refractivity contribution >= 4 is 36.9 Å². The molecule has 0 spiro atoms. The molecule has 0 N–H and O–H groups in total. The van der Waals surface area contributed by atoms with Crippen molar-refractivity contribution in [3.8, 4) is 0 Å². The van der Waals surface area contributed by atoms with Gasteiger partial charge in [0.15, 0.2) is 14.6 Å². The maximum absolute atomic E-state index is 4.43. The SMILES string of the molecule is CCCCCCBc1ccc(N=Nc2ccc(BC(CCC)CCCC)cc2)cc1. The Kier molecular flexibility index (Phi) is 12.3. The van der Waals surface area contributed by atoms with Crippen molar-refractivity contribution in [2.45, 2.75) is 90.7 Å². The summed E-state index contributed by atoms with van der Waals surface area (Å²) in [6.07, 6.45) is 13.2. The molecule has 0 amide bonds. The third-order valence-electron chi connectivity index (χ3n) is 5.91. The summed E-state index contributed by atoms with van der Waals surface area (Å²) in [6, 6.07) is 17.2. The lowest BCUT2D eigenvalue weighted by atomic mass is 9.56. The van der Waals surface area contributed by atoms with Gasteiger partial charge in [-0.2, -0.15) is 10.2 Å². The zero-order chi connectivity index (χ0) is 21.4. The van der Waals surface area contributed by atoms with E-state index in [1.54, 1.807) is 0 Å². The van der Waals surface area contributed by atoms with E-state index in [9.17, 15) is 0 Å². The van der Waals surface area contributed by atoms with Crippen LogP contribution in [-0.4, -0.2) is 14.6 Å². The largest absolute Gasteiger partial charge is 0.160 e. The van der Waals surface area contributed by atoms with Gasteiger partial charge >= 0.3 is 0 Å². The highest BCUT2D eigenvalue weighted by molar-refractivity contribution is 6.55. The van der Waals surface area contributed by atoms with Crippen molar-refractivity contribution in [1.29, 1.82) is 0 Å². The van der Waals surface area contributed by atoms with Crippen molar-refractivity contribution in [2.75, 3.05) is 0 Å². The summed E-state index contributed by atoms with van der Waals surface area (Å²) in [5.74, 6) is 0.813. The second-order valence-electron chi connectivity index (χ2n) is 8.70. The second-order valence-corrected chi connectivity index (χ2v) is 8.70. The van der Waals surface area contributed by atoms with Crippen LogP contribution in [0.3, 0.4) is 0 Å². The molecule has 0 aliphatic heterocycles. The Hall–Kier alpha value is -1.83. The monoisotopic (exact) mass is 402 g/mol. The smallest absolute Gasteiger partial charge is 0.151 e. The minimum atomic E-state index is 0.813. The first kappa shape index (κ1) is 24.4. The molecule has 2 aromatic rings. The van der Waals surface area contributed by atoms with Crippen LogP contribution < -0.4 is 10.9 Å². The first-order chi connectivity index (χ1) is 14.7. The highest BCUT2D eigenvalue weighted by Crippen LogP contribution is 2.21. The molecule has 2 nitrogen and oxygen atoms in total. The lowest BCUT2D eigenvalue weighted by Crippen LogP contribution is -2.19. The Labute approximate surface area is 186 Å². The third kappa shape index (κ3) is 9.78. The quantitative estimate of drug-likeness (QED) is 0.174. The van der Waals surface area contributed by atoms with Crippen molar-refractivity contribution in [3.05, 3.63) is 48.5 Å². The van der Waals surface area contributed by atoms with E-state index < -0.39 is 0 Å². The van der Waals surface area contributed by atoms with Gasteiger partial charge in [-0.1, -0.05) is 126 Å². The van der Waals surface area contributed by atoms with E-state index in [-0.39, 0.29) is 0 Å². The van der Waals surface area contributed by atoms with Crippen molar-refractivity contribution in [1.82, 2.24) is 0 Å². The third-order valence-corrected chi connectivity index (χ3v) is 5.91. The summed E-state index contributed by atoms with van der Waals surface area (Å²) in [5, 5.41) is 8.86. The molecule has 0 fully saturated rings. The number of azo groups is 1. The van der Waals surface area contributed by atoms with Crippen molar-refractivity contribution < 1.29 is 0 Å². The molecule has 2 rings (SSSR count). The lowest BCUT2D eigenvalue weighted by Gasteiger charge is -2.14. The summed E-state index contributed by atoms with van der Waals surface area (Å²) in [4.78, 5) is 0. The van der Waals surface area contributed by atoms with E-state index in [2.05, 4.69) is 79.5 Å². The van der Waals surface area contributed by atoms with Crippen LogP contribution in [0.15, 0.2) is 58.8 Å². The average molecular weight is 402 g/mol. The van der Waals surface area contributed by atoms with Gasteiger partial charge in [-0.25, -0.2) is 0 Å². The molecule has 0 bridgehead atoms. The molecule has 0 aromatic heterocycles. The fourth-order valence-electron chi connectivity index (χ4n) is 4.06. The van der Waals surface area contributed by atoms with Gasteiger partial charge in [0.25, 0.3) is 0 Å². The average Bonchev–Trinajstić information content (AvgIpc) is 2.78. The van der Waals surface area contributed by atoms with Gasteiger partial charge in [0.1, 0.15) is 0 Å². The fourth-order valence-corrected chi connectivity index (χ4v) is 4.06. The van der Waals surface area contributed by atoms with Gasteiger partial charge in [0.05, 0.1) is 11.4 Å². The predicted molar refractivity (Wildman–Crippen MR) is 138 cm³/mol. The maximum atomic E-state index is 4.43. The van der Waals surface area contributed by atoms with E-state index >= 15 is 0 Å². The van der Waals surface area contributed by atoms with Gasteiger partial charge < -0.3 is 0 Å². The zero-order valence-electron chi connectivity index (χ0n) is 19.6. The molecule has 30 heavy (non-hydrogen) atoms. The Balaban J connectivity index is 1.82. The Morgan fingerprint density at radius 2 is 1.23 bits per heavy atom. The van der Waals surface area contributed by atoms with Crippen LogP contribution in [0.2, 0.25) is 12.1 Å². The molecule has 4 heteroatoms. The molecule has 1 atom stereocenters. The van der Waals surface area contributed by atoms with E-state index in [4.69, 9.17) is 0 Å². The van der Waals surface area contributed by atoms with Crippen molar-refractivity contribution in [2.24, 2.45) is 10.2 Å². The van der Waals surface area contributed by atoms with Crippen LogP contribution in [-0.2, 0) is 0 Å². The summed E-state index contributed by atoms with van der Waals surface area (Å²) >= 11 is 0. The molecule has 160 valence electrons. The normalized spacial score (nSPS) is 12.2. The Morgan fingerprint density at radius 3 is 1.80 bits per heavy atom. The standard InChI is InChI=1S/C26H40B2N2/c1-4-7-9-10-21-27-22-13-17-25(18-14-22)29-30-26-19-15-24(16-20-26)28-23(11-6-3)12-8-5-2/h13-20,23,27-28H,4-12,21H2,1-3H3. The number of unbranched alkanes of at least 4 members (excludes halogenated alkanes) is 4. The van der Waals surface area contributed by atoms with Crippen LogP contribution >= 0.6 is 0 Å². The second kappa shape index (κ2) is 15.0. The number of benzene rings is 2. The minimum Gasteiger partial charge on any atom is -0.151 e. The molecular weight excluding hydrogens is 362 g/mol. The van der Waals surface area contributed by atoms with Gasteiger partial charge in [0.2, 0.25) is 0 Å². The molecule has 0 radical (unpaired) electrons. The van der Waals surface area contributed by atoms with E-state index in [1.807, 2.05) is 0 Å². The molecule has 0 aliphatic rings. The number of hydrogen-bond acceptors (Lipinski definition) is 2. The zero-order valence-corrected chi connectivity index (χ0v) is 19.6. The number of rotatable bonds is 15. The van der Waals surface area contributed by atoms with Crippen LogP contribution in [0.25, 0.3) is 0 Å². The summed E-state index contributed by atoms with van der Waals surface area (Å²) in [5.41, 5.74) is 4.68. The van der Waals surface area contributed by atoms with E-state index in [0.29, 0.717) is 0 Å². The van der Waals surface area contributed by atoms with Crippen molar-refractivity contribution in [3.63, 3.8) is 0 Å². The molecule has 0 heterocycles. The first-order valence-electron chi connectivity index (χ1n) is 12.3. The Bertz CT molecular complexity index is 711. The van der Waals surface area contributed by atoms with Crippen LogP contribution in [0.5, 0.6) is 0 Å². The first-order valence-corrected chi connectivity index (χ1v) is 12.3. The predicted octanol–water partition coefficient (Wildman–Crippen LogP) is 7.00. The fraction of sp³-hybridized carbons (Fsp3) is 0.538. The molecule has 0 aliphatic carbocycles. The molecule has 1 unspecified atom stereocenters. The summed E-state index contributed by atoms with van der Waals surface area (Å²) in [7, 11) is 2.35. The van der Waals surface area contributed by atoms with Crippen LogP contribution in [0.4, 0.5) is 11.4 Å². The molecule has 0 saturated heterocycles. The van der Waals surface area contributed by atoms with Gasteiger partial charge in [-0.15, -0.1) is 0 Å². The topological polar surface area (TPSA) is 24.7 Å². The van der Waals surface area contributed by atoms with Gasteiger partial charge in [-0.05, 0) is 24.3 Å². The summed E-state index contributed by atoms with van der Waals surface area (Å²) < 4.78 is 0. The number of nitrogens with zero attached hydrogens (tertiary/aromatic N) is 2. The molecule has 0 saturated carbocycles. The van der Waals surface area contributed by atoms with E-state index in [0.717, 1.165) is 17.2 Å². The molecule has 2 aromatic carbocycles. The van der Waals surface area contributed by atoms with E-state index in [1.165, 1.54) is 89.6 Å². The minimum absolute atomic E-state index is 0.813. The Morgan fingerprint density at radius 1 is 0.633 bits per heavy atom. The highest BCUT2D eigenvalue weighted by Gasteiger charge is 2.10. The van der Waals surface area contributed by atoms with Crippen LogP contribution in [0, 0.1) is 0 Å². The highest BCUT2D eigenvalue weighted by atomic mass is 15.1. The lowest BCUT2D eigenvalue weighted by molar-refractivity contribution is 0.620. The maximum Gasteiger partial charge on any atom is 0.160 e. The van der Waals surface area contributed by atoms with Crippen LogP contribution in [0.1, 0.15) is 78.6 Å². The summed E-state index contributed by atoms with van der Waals surface area (Å²) in [6.45, 7) is 6.84. The van der Waals surface area contributed by atoms with Gasteiger partial charge in [-0.3, -0.25) is 0 Å². The number of hydrogen-bond donors (Lipinski definition) is 0. The van der Waals surface area contributed by atoms with Gasteiger partial charge in [0, 0.05) is 0 Å². The molecular formula is C26H40B2N2.